The SMILES string of the molecule is CCOc1c(C(=N)N)nc(-c2nc3cc(C(F)(F)F)ccc3n2C)c(SC)c1C. The second-order valence-electron chi connectivity index (χ2n) is 6.34. The maximum absolute atomic E-state index is 13.1. The minimum absolute atomic E-state index is 0.181. The Labute approximate surface area is 169 Å². The van der Waals surface area contributed by atoms with Gasteiger partial charge in [0, 0.05) is 17.5 Å². The van der Waals surface area contributed by atoms with Crippen molar-refractivity contribution in [2.75, 3.05) is 12.9 Å². The molecule has 0 fully saturated rings. The molecule has 0 radical (unpaired) electrons. The Balaban J connectivity index is 2.31. The summed E-state index contributed by atoms with van der Waals surface area (Å²) in [7, 11) is 1.71. The van der Waals surface area contributed by atoms with E-state index >= 15 is 0 Å². The molecule has 1 aromatic carbocycles. The van der Waals surface area contributed by atoms with Crippen molar-refractivity contribution < 1.29 is 17.9 Å². The molecule has 2 heterocycles. The van der Waals surface area contributed by atoms with Crippen LogP contribution in [0.15, 0.2) is 23.1 Å². The third-order valence-electron chi connectivity index (χ3n) is 4.50. The lowest BCUT2D eigenvalue weighted by molar-refractivity contribution is -0.137. The van der Waals surface area contributed by atoms with Crippen molar-refractivity contribution in [2.45, 2.75) is 24.9 Å². The zero-order valence-corrected chi connectivity index (χ0v) is 17.1. The van der Waals surface area contributed by atoms with Gasteiger partial charge in [-0.15, -0.1) is 11.8 Å². The zero-order chi connectivity index (χ0) is 21.5. The lowest BCUT2D eigenvalue weighted by Crippen LogP contribution is -2.17. The number of amidine groups is 1. The molecule has 2 aromatic heterocycles. The largest absolute Gasteiger partial charge is 0.491 e. The van der Waals surface area contributed by atoms with E-state index < -0.39 is 11.7 Å². The first-order valence-electron chi connectivity index (χ1n) is 8.69. The summed E-state index contributed by atoms with van der Waals surface area (Å²) in [4.78, 5) is 9.69. The molecule has 0 unspecified atom stereocenters. The lowest BCUT2D eigenvalue weighted by atomic mass is 10.1. The van der Waals surface area contributed by atoms with E-state index in [4.69, 9.17) is 15.9 Å². The van der Waals surface area contributed by atoms with Crippen LogP contribution in [0.3, 0.4) is 0 Å². The van der Waals surface area contributed by atoms with Gasteiger partial charge in [-0.25, -0.2) is 9.97 Å². The van der Waals surface area contributed by atoms with Crippen molar-refractivity contribution in [3.05, 3.63) is 35.0 Å². The van der Waals surface area contributed by atoms with Gasteiger partial charge in [0.25, 0.3) is 0 Å². The predicted molar refractivity (Wildman–Crippen MR) is 108 cm³/mol. The van der Waals surface area contributed by atoms with Crippen LogP contribution in [0.2, 0.25) is 0 Å². The zero-order valence-electron chi connectivity index (χ0n) is 16.3. The topological polar surface area (TPSA) is 89.8 Å². The Morgan fingerprint density at radius 1 is 1.31 bits per heavy atom. The van der Waals surface area contributed by atoms with E-state index in [1.54, 1.807) is 11.6 Å². The van der Waals surface area contributed by atoms with Crippen LogP contribution in [0.4, 0.5) is 13.2 Å². The van der Waals surface area contributed by atoms with Crippen molar-refractivity contribution in [3.8, 4) is 17.3 Å². The number of nitrogens with one attached hydrogen (secondary N) is 1. The van der Waals surface area contributed by atoms with E-state index in [9.17, 15) is 13.2 Å². The summed E-state index contributed by atoms with van der Waals surface area (Å²) in [5.41, 5.74) is 7.07. The molecule has 29 heavy (non-hydrogen) atoms. The van der Waals surface area contributed by atoms with Crippen LogP contribution in [0, 0.1) is 12.3 Å². The highest BCUT2D eigenvalue weighted by Crippen LogP contribution is 2.39. The van der Waals surface area contributed by atoms with Crippen LogP contribution in [-0.4, -0.2) is 33.2 Å². The number of halogens is 3. The minimum Gasteiger partial charge on any atom is -0.491 e. The van der Waals surface area contributed by atoms with Gasteiger partial charge in [-0.3, -0.25) is 5.41 Å². The standard InChI is InChI=1S/C19H20F3N5OS/c1-5-28-15-9(2)16(29-4)14(26-13(15)17(23)24)18-25-11-8-10(19(20,21)22)6-7-12(11)27(18)3/h6-8H,5H2,1-4H3,(H3,23,24). The predicted octanol–water partition coefficient (Wildman–Crippen LogP) is 4.37. The number of nitrogens with zero attached hydrogens (tertiary/aromatic N) is 3. The molecule has 0 aliphatic rings. The molecule has 0 spiro atoms. The van der Waals surface area contributed by atoms with E-state index in [1.807, 2.05) is 20.1 Å². The van der Waals surface area contributed by atoms with Gasteiger partial charge in [0.1, 0.15) is 17.2 Å². The van der Waals surface area contributed by atoms with Crippen LogP contribution < -0.4 is 10.5 Å². The van der Waals surface area contributed by atoms with Crippen molar-refractivity contribution >= 4 is 28.6 Å². The summed E-state index contributed by atoms with van der Waals surface area (Å²) in [5.74, 6) is 0.548. The van der Waals surface area contributed by atoms with Gasteiger partial charge >= 0.3 is 6.18 Å². The summed E-state index contributed by atoms with van der Waals surface area (Å²) in [5, 5.41) is 7.87. The second kappa shape index (κ2) is 7.58. The number of aromatic nitrogens is 3. The number of ether oxygens (including phenoxy) is 1. The number of pyridine rings is 1. The van der Waals surface area contributed by atoms with Gasteiger partial charge in [-0.05, 0) is 38.3 Å². The smallest absolute Gasteiger partial charge is 0.416 e. The fraction of sp³-hybridized carbons (Fsp3) is 0.316. The Kier molecular flexibility index (Phi) is 5.48. The molecular weight excluding hydrogens is 403 g/mol. The number of nitrogens with two attached hydrogens (primary N) is 1. The molecular formula is C19H20F3N5OS. The number of thioether (sulfide) groups is 1. The van der Waals surface area contributed by atoms with E-state index in [0.717, 1.165) is 22.6 Å². The molecule has 3 rings (SSSR count). The van der Waals surface area contributed by atoms with Crippen LogP contribution in [-0.2, 0) is 13.2 Å². The molecule has 0 bridgehead atoms. The Morgan fingerprint density at radius 3 is 2.55 bits per heavy atom. The highest BCUT2D eigenvalue weighted by atomic mass is 32.2. The first-order chi connectivity index (χ1) is 13.6. The molecule has 0 aliphatic heterocycles. The van der Waals surface area contributed by atoms with Gasteiger partial charge in [-0.2, -0.15) is 13.2 Å². The molecule has 0 aliphatic carbocycles. The van der Waals surface area contributed by atoms with Gasteiger partial charge in [0.05, 0.1) is 23.2 Å². The number of rotatable bonds is 5. The van der Waals surface area contributed by atoms with E-state index in [1.165, 1.54) is 17.8 Å². The van der Waals surface area contributed by atoms with Gasteiger partial charge < -0.3 is 15.0 Å². The number of imidazole rings is 1. The molecule has 154 valence electrons. The average molecular weight is 423 g/mol. The summed E-state index contributed by atoms with van der Waals surface area (Å²) >= 11 is 1.42. The molecule has 0 atom stereocenters. The molecule has 3 N–H and O–H groups in total. The molecule has 0 saturated carbocycles. The maximum Gasteiger partial charge on any atom is 0.416 e. The van der Waals surface area contributed by atoms with Crippen LogP contribution in [0.5, 0.6) is 5.75 Å². The fourth-order valence-corrected chi connectivity index (χ4v) is 3.89. The monoisotopic (exact) mass is 423 g/mol. The summed E-state index contributed by atoms with van der Waals surface area (Å²) in [6.45, 7) is 4.03. The van der Waals surface area contributed by atoms with Crippen LogP contribution >= 0.6 is 11.8 Å². The number of alkyl halides is 3. The molecule has 0 amide bonds. The lowest BCUT2D eigenvalue weighted by Gasteiger charge is -2.17. The quantitative estimate of drug-likeness (QED) is 0.361. The summed E-state index contributed by atoms with van der Waals surface area (Å²) < 4.78 is 46.6. The normalized spacial score (nSPS) is 11.8. The van der Waals surface area contributed by atoms with Crippen LogP contribution in [0.25, 0.3) is 22.6 Å². The number of aryl methyl sites for hydroxylation is 1. The fourth-order valence-electron chi connectivity index (χ4n) is 3.16. The molecule has 10 heteroatoms. The summed E-state index contributed by atoms with van der Waals surface area (Å²) in [6, 6.07) is 3.44. The molecule has 0 saturated heterocycles. The Hall–Kier alpha value is -2.75. The van der Waals surface area contributed by atoms with E-state index in [-0.39, 0.29) is 17.0 Å². The average Bonchev–Trinajstić information content (AvgIpc) is 2.98. The summed E-state index contributed by atoms with van der Waals surface area (Å²) in [6.07, 6.45) is -2.59. The van der Waals surface area contributed by atoms with Gasteiger partial charge in [0.15, 0.2) is 11.6 Å². The molecule has 6 nitrogen and oxygen atoms in total. The Morgan fingerprint density at radius 2 is 2.00 bits per heavy atom. The first kappa shape index (κ1) is 21.0. The highest BCUT2D eigenvalue weighted by Gasteiger charge is 2.31. The highest BCUT2D eigenvalue weighted by molar-refractivity contribution is 7.98. The van der Waals surface area contributed by atoms with Gasteiger partial charge in [-0.1, -0.05) is 0 Å². The number of benzene rings is 1. The molecule has 3 aromatic rings. The van der Waals surface area contributed by atoms with Crippen molar-refractivity contribution in [3.63, 3.8) is 0 Å². The van der Waals surface area contributed by atoms with Gasteiger partial charge in [0.2, 0.25) is 0 Å². The van der Waals surface area contributed by atoms with Crippen molar-refractivity contribution in [1.29, 1.82) is 5.41 Å². The number of nitrogen functional groups attached to an aromatic ring is 1. The van der Waals surface area contributed by atoms with E-state index in [2.05, 4.69) is 9.97 Å². The Bertz CT molecular complexity index is 1110. The maximum atomic E-state index is 13.1. The third kappa shape index (κ3) is 3.64. The van der Waals surface area contributed by atoms with Crippen LogP contribution in [0.1, 0.15) is 23.7 Å². The number of hydrogen-bond donors (Lipinski definition) is 2. The second-order valence-corrected chi connectivity index (χ2v) is 7.16. The number of hydrogen-bond acceptors (Lipinski definition) is 5. The first-order valence-corrected chi connectivity index (χ1v) is 9.92. The van der Waals surface area contributed by atoms with Crippen molar-refractivity contribution in [1.82, 2.24) is 14.5 Å². The van der Waals surface area contributed by atoms with Crippen molar-refractivity contribution in [2.24, 2.45) is 12.8 Å². The number of fused-ring (bicyclic) bond motifs is 1. The third-order valence-corrected chi connectivity index (χ3v) is 5.41. The minimum atomic E-state index is -4.45. The van der Waals surface area contributed by atoms with E-state index in [0.29, 0.717) is 29.4 Å².